The van der Waals surface area contributed by atoms with E-state index >= 15 is 0 Å². The van der Waals surface area contributed by atoms with Crippen molar-refractivity contribution < 1.29 is 23.9 Å². The highest BCUT2D eigenvalue weighted by atomic mass is 16.6. The maximum absolute atomic E-state index is 12.3. The second-order valence-corrected chi connectivity index (χ2v) is 5.38. The van der Waals surface area contributed by atoms with Gasteiger partial charge in [0.25, 0.3) is 0 Å². The number of rotatable bonds is 7. The maximum Gasteiger partial charge on any atom is 0.429 e. The molecule has 0 fully saturated rings. The average molecular weight is 350 g/mol. The minimum Gasteiger partial charge on any atom is -0.449 e. The van der Waals surface area contributed by atoms with Gasteiger partial charge in [0.05, 0.1) is 19.3 Å². The second-order valence-electron chi connectivity index (χ2n) is 5.38. The molecule has 0 radical (unpaired) electrons. The van der Waals surface area contributed by atoms with Gasteiger partial charge in [-0.3, -0.25) is 4.79 Å². The number of Topliss-reactive ketones (excluding diaryl/α,β-unsaturated/α-hetero) is 1. The first-order chi connectivity index (χ1) is 11.9. The summed E-state index contributed by atoms with van der Waals surface area (Å²) in [6, 6.07) is 6.52. The number of hydrogen-bond acceptors (Lipinski definition) is 5. The molecule has 0 aliphatic rings. The first kappa shape index (κ1) is 20.5. The van der Waals surface area contributed by atoms with E-state index in [2.05, 4.69) is 5.43 Å². The Balaban J connectivity index is 3.14. The molecule has 0 heterocycles. The van der Waals surface area contributed by atoms with Gasteiger partial charge in [0.15, 0.2) is 5.78 Å². The van der Waals surface area contributed by atoms with Crippen LogP contribution in [0.3, 0.4) is 0 Å². The quantitative estimate of drug-likeness (QED) is 0.596. The van der Waals surface area contributed by atoms with Gasteiger partial charge in [0.1, 0.15) is 0 Å². The molecule has 0 aliphatic heterocycles. The van der Waals surface area contributed by atoms with Crippen molar-refractivity contribution in [1.82, 2.24) is 10.4 Å². The zero-order valence-corrected chi connectivity index (χ0v) is 15.2. The van der Waals surface area contributed by atoms with E-state index in [9.17, 15) is 14.4 Å². The summed E-state index contributed by atoms with van der Waals surface area (Å²) in [5.74, 6) is -0.0366. The molecule has 7 heteroatoms. The van der Waals surface area contributed by atoms with Gasteiger partial charge in [0, 0.05) is 5.56 Å². The summed E-state index contributed by atoms with van der Waals surface area (Å²) in [5.41, 5.74) is 3.83. The highest BCUT2D eigenvalue weighted by Crippen LogP contribution is 2.26. The molecule has 0 spiro atoms. The topological polar surface area (TPSA) is 84.9 Å². The van der Waals surface area contributed by atoms with Crippen LogP contribution < -0.4 is 5.43 Å². The Labute approximate surface area is 148 Å². The lowest BCUT2D eigenvalue weighted by Gasteiger charge is -2.30. The molecule has 138 valence electrons. The van der Waals surface area contributed by atoms with E-state index in [-0.39, 0.29) is 19.0 Å². The average Bonchev–Trinajstić information content (AvgIpc) is 2.58. The Morgan fingerprint density at radius 2 is 1.64 bits per heavy atom. The summed E-state index contributed by atoms with van der Waals surface area (Å²) >= 11 is 0. The Hall–Kier alpha value is -2.57. The number of carbonyl (C=O) groups is 3. The third-order valence-electron chi connectivity index (χ3n) is 3.53. The predicted octanol–water partition coefficient (Wildman–Crippen LogP) is 3.85. The maximum atomic E-state index is 12.3. The number of carbonyl (C=O) groups excluding carboxylic acids is 3. The highest BCUT2D eigenvalue weighted by Gasteiger charge is 2.28. The zero-order chi connectivity index (χ0) is 18.8. The summed E-state index contributed by atoms with van der Waals surface area (Å²) in [6.07, 6.45) is -0.00821. The first-order valence-corrected chi connectivity index (χ1v) is 8.44. The largest absolute Gasteiger partial charge is 0.449 e. The van der Waals surface area contributed by atoms with E-state index in [0.29, 0.717) is 12.0 Å². The highest BCUT2D eigenvalue weighted by molar-refractivity contribution is 5.94. The molecular weight excluding hydrogens is 324 g/mol. The van der Waals surface area contributed by atoms with E-state index in [1.807, 2.05) is 6.92 Å². The molecular formula is C18H26N2O5. The molecule has 7 nitrogen and oxygen atoms in total. The summed E-state index contributed by atoms with van der Waals surface area (Å²) in [7, 11) is 0. The van der Waals surface area contributed by atoms with Crippen LogP contribution in [0.15, 0.2) is 24.3 Å². The van der Waals surface area contributed by atoms with Crippen molar-refractivity contribution in [2.75, 3.05) is 13.2 Å². The molecule has 0 aromatic heterocycles. The second kappa shape index (κ2) is 10.3. The van der Waals surface area contributed by atoms with E-state index in [4.69, 9.17) is 9.47 Å². The number of hydrogen-bond donors (Lipinski definition) is 1. The SMILES string of the molecule is CCCC(c1ccc(C(C)=O)cc1)N(NC(=O)OCC)C(=O)OCC. The van der Waals surface area contributed by atoms with Crippen molar-refractivity contribution in [3.05, 3.63) is 35.4 Å². The molecule has 1 aromatic rings. The standard InChI is InChI=1S/C18H26N2O5/c1-5-8-16(15-11-9-14(10-12-15)13(4)21)20(18(23)25-7-3)19-17(22)24-6-2/h9-12,16H,5-8H2,1-4H3,(H,19,22). The molecule has 2 amide bonds. The predicted molar refractivity (Wildman–Crippen MR) is 93.1 cm³/mol. The lowest BCUT2D eigenvalue weighted by molar-refractivity contribution is 0.0525. The van der Waals surface area contributed by atoms with Gasteiger partial charge >= 0.3 is 12.2 Å². The molecule has 1 rings (SSSR count). The molecule has 0 aliphatic carbocycles. The Morgan fingerprint density at radius 3 is 2.12 bits per heavy atom. The number of benzene rings is 1. The molecule has 25 heavy (non-hydrogen) atoms. The molecule has 0 saturated heterocycles. The van der Waals surface area contributed by atoms with Crippen LogP contribution >= 0.6 is 0 Å². The number of ketones is 1. The molecule has 1 N–H and O–H groups in total. The van der Waals surface area contributed by atoms with E-state index in [1.54, 1.807) is 38.1 Å². The number of ether oxygens (including phenoxy) is 2. The Bertz CT molecular complexity index is 586. The van der Waals surface area contributed by atoms with E-state index < -0.39 is 18.2 Å². The fraction of sp³-hybridized carbons (Fsp3) is 0.500. The lowest BCUT2D eigenvalue weighted by atomic mass is 9.99. The van der Waals surface area contributed by atoms with Crippen LogP contribution in [0.25, 0.3) is 0 Å². The molecule has 0 saturated carbocycles. The minimum absolute atomic E-state index is 0.0366. The number of nitrogens with one attached hydrogen (secondary N) is 1. The van der Waals surface area contributed by atoms with Gasteiger partial charge < -0.3 is 9.47 Å². The third kappa shape index (κ3) is 6.10. The van der Waals surface area contributed by atoms with Crippen LogP contribution in [0.5, 0.6) is 0 Å². The van der Waals surface area contributed by atoms with Crippen LogP contribution in [0.2, 0.25) is 0 Å². The molecule has 1 aromatic carbocycles. The summed E-state index contributed by atoms with van der Waals surface area (Å²) in [6.45, 7) is 7.21. The first-order valence-electron chi connectivity index (χ1n) is 8.44. The van der Waals surface area contributed by atoms with Crippen molar-refractivity contribution in [1.29, 1.82) is 0 Å². The van der Waals surface area contributed by atoms with Crippen LogP contribution in [0.1, 0.15) is 62.5 Å². The van der Waals surface area contributed by atoms with Gasteiger partial charge in [0.2, 0.25) is 0 Å². The number of amides is 2. The van der Waals surface area contributed by atoms with Crippen molar-refractivity contribution in [3.8, 4) is 0 Å². The Kier molecular flexibility index (Phi) is 8.46. The van der Waals surface area contributed by atoms with Crippen molar-refractivity contribution in [2.24, 2.45) is 0 Å². The fourth-order valence-electron chi connectivity index (χ4n) is 2.36. The zero-order valence-electron chi connectivity index (χ0n) is 15.2. The monoisotopic (exact) mass is 350 g/mol. The van der Waals surface area contributed by atoms with Crippen molar-refractivity contribution in [3.63, 3.8) is 0 Å². The van der Waals surface area contributed by atoms with Crippen molar-refractivity contribution in [2.45, 2.75) is 46.6 Å². The normalized spacial score (nSPS) is 11.4. The summed E-state index contributed by atoms with van der Waals surface area (Å²) in [5, 5.41) is 1.15. The lowest BCUT2D eigenvalue weighted by Crippen LogP contribution is -2.48. The smallest absolute Gasteiger partial charge is 0.429 e. The van der Waals surface area contributed by atoms with E-state index in [0.717, 1.165) is 17.0 Å². The van der Waals surface area contributed by atoms with Crippen molar-refractivity contribution >= 4 is 18.0 Å². The van der Waals surface area contributed by atoms with Gasteiger partial charge in [-0.05, 0) is 32.8 Å². The van der Waals surface area contributed by atoms with Gasteiger partial charge in [-0.2, -0.15) is 0 Å². The van der Waals surface area contributed by atoms with E-state index in [1.165, 1.54) is 6.92 Å². The van der Waals surface area contributed by atoms with Crippen LogP contribution in [0.4, 0.5) is 9.59 Å². The van der Waals surface area contributed by atoms with Gasteiger partial charge in [-0.1, -0.05) is 37.6 Å². The molecule has 1 atom stereocenters. The van der Waals surface area contributed by atoms with Crippen LogP contribution in [0, 0.1) is 0 Å². The van der Waals surface area contributed by atoms with Gasteiger partial charge in [-0.25, -0.2) is 20.0 Å². The van der Waals surface area contributed by atoms with Gasteiger partial charge in [-0.15, -0.1) is 0 Å². The molecule has 0 bridgehead atoms. The van der Waals surface area contributed by atoms with Crippen LogP contribution in [-0.2, 0) is 9.47 Å². The number of nitrogens with zero attached hydrogens (tertiary/aromatic N) is 1. The number of hydrazine groups is 1. The summed E-state index contributed by atoms with van der Waals surface area (Å²) < 4.78 is 9.93. The Morgan fingerprint density at radius 1 is 1.04 bits per heavy atom. The third-order valence-corrected chi connectivity index (χ3v) is 3.53. The molecule has 1 unspecified atom stereocenters. The fourth-order valence-corrected chi connectivity index (χ4v) is 2.36. The minimum atomic E-state index is -0.725. The summed E-state index contributed by atoms with van der Waals surface area (Å²) in [4.78, 5) is 35.6. The van der Waals surface area contributed by atoms with Crippen LogP contribution in [-0.4, -0.2) is 36.2 Å².